The molecule has 44 heavy (non-hydrogen) atoms. The molecule has 1 aromatic carbocycles. The first kappa shape index (κ1) is 31.0. The Balaban J connectivity index is 1.28. The lowest BCUT2D eigenvalue weighted by Gasteiger charge is -2.40. The minimum atomic E-state index is -4.80. The summed E-state index contributed by atoms with van der Waals surface area (Å²) in [4.78, 5) is 33.1. The Morgan fingerprint density at radius 1 is 1.20 bits per heavy atom. The van der Waals surface area contributed by atoms with Crippen molar-refractivity contribution >= 4 is 17.5 Å². The van der Waals surface area contributed by atoms with E-state index in [1.807, 2.05) is 0 Å². The van der Waals surface area contributed by atoms with Crippen LogP contribution in [0.5, 0.6) is 0 Å². The molecule has 16 heteroatoms. The molecule has 1 unspecified atom stereocenters. The third-order valence-corrected chi connectivity index (χ3v) is 8.01. The first-order valence-electron chi connectivity index (χ1n) is 13.9. The van der Waals surface area contributed by atoms with Gasteiger partial charge in [-0.3, -0.25) is 14.3 Å². The fourth-order valence-corrected chi connectivity index (χ4v) is 5.63. The summed E-state index contributed by atoms with van der Waals surface area (Å²) in [5, 5.41) is 25.8. The number of hydrogen-bond acceptors (Lipinski definition) is 8. The summed E-state index contributed by atoms with van der Waals surface area (Å²) in [6.07, 6.45) is -2.84. The van der Waals surface area contributed by atoms with Crippen molar-refractivity contribution in [1.82, 2.24) is 29.1 Å². The second-order valence-corrected chi connectivity index (χ2v) is 11.0. The van der Waals surface area contributed by atoms with Gasteiger partial charge in [0.05, 0.1) is 29.1 Å². The normalized spacial score (nSPS) is 19.3. The van der Waals surface area contributed by atoms with Crippen LogP contribution in [-0.4, -0.2) is 78.3 Å². The molecule has 2 aliphatic rings. The monoisotopic (exact) mass is 617 g/mol. The highest BCUT2D eigenvalue weighted by Crippen LogP contribution is 2.37. The highest BCUT2D eigenvalue weighted by atomic mass is 19.4. The van der Waals surface area contributed by atoms with E-state index in [0.29, 0.717) is 31.5 Å². The van der Waals surface area contributed by atoms with Crippen molar-refractivity contribution in [2.75, 3.05) is 31.5 Å². The minimum absolute atomic E-state index is 0.0151. The largest absolute Gasteiger partial charge is 0.435 e. The van der Waals surface area contributed by atoms with Crippen molar-refractivity contribution in [3.63, 3.8) is 0 Å². The summed E-state index contributed by atoms with van der Waals surface area (Å²) in [6.45, 7) is 2.36. The fraction of sp³-hybridized carbons (Fsp3) is 0.464. The van der Waals surface area contributed by atoms with Crippen molar-refractivity contribution in [2.45, 2.75) is 44.8 Å². The highest BCUT2D eigenvalue weighted by molar-refractivity contribution is 5.96. The number of benzene rings is 1. The van der Waals surface area contributed by atoms with E-state index >= 15 is 4.39 Å². The number of nitriles is 1. The quantitative estimate of drug-likeness (QED) is 0.269. The van der Waals surface area contributed by atoms with Crippen LogP contribution < -0.4 is 11.1 Å². The number of imidazole rings is 1. The molecule has 2 amide bonds. The average Bonchev–Trinajstić information content (AvgIpc) is 3.54. The molecule has 234 valence electrons. The molecule has 1 saturated carbocycles. The number of piperazine rings is 1. The van der Waals surface area contributed by atoms with E-state index in [1.54, 1.807) is 17.9 Å². The van der Waals surface area contributed by atoms with Crippen molar-refractivity contribution in [3.05, 3.63) is 53.0 Å². The van der Waals surface area contributed by atoms with Crippen molar-refractivity contribution in [1.29, 1.82) is 5.26 Å². The lowest BCUT2D eigenvalue weighted by molar-refractivity contribution is -0.141. The van der Waals surface area contributed by atoms with Crippen molar-refractivity contribution in [3.8, 4) is 17.3 Å². The van der Waals surface area contributed by atoms with Gasteiger partial charge in [-0.25, -0.2) is 9.37 Å². The predicted molar refractivity (Wildman–Crippen MR) is 148 cm³/mol. The zero-order valence-electron chi connectivity index (χ0n) is 24.0. The number of alkyl halides is 3. The summed E-state index contributed by atoms with van der Waals surface area (Å²) in [5.74, 6) is -1.46. The Hall–Kier alpha value is -4.49. The Morgan fingerprint density at radius 2 is 1.86 bits per heavy atom. The van der Waals surface area contributed by atoms with E-state index in [0.717, 1.165) is 23.1 Å². The number of aliphatic hydroxyl groups excluding tert-OH is 1. The third kappa shape index (κ3) is 5.97. The number of carbonyl (C=O) groups excluding carboxylic acids is 2. The topological polar surface area (TPSA) is 158 Å². The molecule has 0 spiro atoms. The second kappa shape index (κ2) is 11.9. The highest BCUT2D eigenvalue weighted by Gasteiger charge is 2.39. The van der Waals surface area contributed by atoms with E-state index in [9.17, 15) is 27.9 Å². The first-order chi connectivity index (χ1) is 20.8. The SMILES string of the molecule is Cc1cc(NC(O)c2ncc(-c3cn(CC#N)nc3C(F)(F)F)n2C)cc(F)c1C(=O)N1CCN(C(=O)[C@H]2C[C@H](N)C2)CC1. The molecule has 3 aromatic rings. The van der Waals surface area contributed by atoms with Crippen LogP contribution >= 0.6 is 0 Å². The predicted octanol–water partition coefficient (Wildman–Crippen LogP) is 2.40. The molecule has 12 nitrogen and oxygen atoms in total. The molecule has 2 fully saturated rings. The maximum absolute atomic E-state index is 15.3. The third-order valence-electron chi connectivity index (χ3n) is 8.01. The van der Waals surface area contributed by atoms with Crippen molar-refractivity contribution in [2.24, 2.45) is 18.7 Å². The van der Waals surface area contributed by atoms with Gasteiger partial charge in [0.25, 0.3) is 5.91 Å². The average molecular weight is 618 g/mol. The molecule has 2 aromatic heterocycles. The summed E-state index contributed by atoms with van der Waals surface area (Å²) in [7, 11) is 1.40. The van der Waals surface area contributed by atoms with Gasteiger partial charge in [0.15, 0.2) is 17.7 Å². The van der Waals surface area contributed by atoms with E-state index in [4.69, 9.17) is 11.0 Å². The van der Waals surface area contributed by atoms with Gasteiger partial charge in [-0.15, -0.1) is 0 Å². The number of rotatable bonds is 7. The smallest absolute Gasteiger partial charge is 0.367 e. The lowest BCUT2D eigenvalue weighted by Crippen LogP contribution is -2.54. The molecule has 0 radical (unpaired) electrons. The van der Waals surface area contributed by atoms with Gasteiger partial charge in [-0.1, -0.05) is 0 Å². The van der Waals surface area contributed by atoms with Crippen LogP contribution in [0, 0.1) is 30.0 Å². The number of aromatic nitrogens is 4. The summed E-state index contributed by atoms with van der Waals surface area (Å²) in [6, 6.07) is 4.30. The molecule has 1 saturated heterocycles. The Morgan fingerprint density at radius 3 is 2.45 bits per heavy atom. The van der Waals surface area contributed by atoms with Gasteiger partial charge in [-0.2, -0.15) is 23.5 Å². The lowest BCUT2D eigenvalue weighted by atomic mass is 9.80. The number of amides is 2. The Bertz CT molecular complexity index is 1590. The molecule has 0 bridgehead atoms. The van der Waals surface area contributed by atoms with Gasteiger partial charge in [0.2, 0.25) is 5.91 Å². The molecule has 1 aliphatic carbocycles. The van der Waals surface area contributed by atoms with Gasteiger partial charge in [0.1, 0.15) is 12.4 Å². The van der Waals surface area contributed by atoms with E-state index < -0.39 is 36.4 Å². The summed E-state index contributed by atoms with van der Waals surface area (Å²) < 4.78 is 58.3. The maximum atomic E-state index is 15.3. The number of aliphatic hydroxyl groups is 1. The molecule has 1 aliphatic heterocycles. The zero-order valence-corrected chi connectivity index (χ0v) is 24.0. The standard InChI is InChI=1S/C28H31F4N9O3/c1-15-9-18(12-20(29)22(15)27(44)40-7-5-39(6-8-40)26(43)16-10-17(34)11-16)36-25(42)24-35-13-21(38(24)2)19-14-41(4-3-33)37-23(19)28(30,31)32/h9,12-14,16-17,25,36,42H,4-8,10-11,34H2,1-2H3/t16-,17-,25?. The minimum Gasteiger partial charge on any atom is -0.367 e. The molecular formula is C28H31F4N9O3. The van der Waals surface area contributed by atoms with Crippen LogP contribution in [-0.2, 0) is 24.6 Å². The fourth-order valence-electron chi connectivity index (χ4n) is 5.63. The maximum Gasteiger partial charge on any atom is 0.435 e. The van der Waals surface area contributed by atoms with Gasteiger partial charge in [-0.05, 0) is 37.5 Å². The van der Waals surface area contributed by atoms with Gasteiger partial charge >= 0.3 is 6.18 Å². The van der Waals surface area contributed by atoms with E-state index in [-0.39, 0.29) is 59.3 Å². The van der Waals surface area contributed by atoms with Crippen LogP contribution in [0.4, 0.5) is 23.2 Å². The van der Waals surface area contributed by atoms with Gasteiger partial charge < -0.3 is 30.5 Å². The first-order valence-corrected chi connectivity index (χ1v) is 13.9. The van der Waals surface area contributed by atoms with Crippen LogP contribution in [0.25, 0.3) is 11.3 Å². The number of anilines is 1. The number of halogens is 4. The molecule has 1 atom stereocenters. The number of hydrogen-bond donors (Lipinski definition) is 3. The van der Waals surface area contributed by atoms with Crippen LogP contribution in [0.3, 0.4) is 0 Å². The number of nitrogens with one attached hydrogen (secondary N) is 1. The Labute approximate surface area is 249 Å². The Kier molecular flexibility index (Phi) is 8.36. The van der Waals surface area contributed by atoms with Crippen LogP contribution in [0.15, 0.2) is 24.5 Å². The van der Waals surface area contributed by atoms with Crippen molar-refractivity contribution < 1.29 is 32.3 Å². The molecule has 5 rings (SSSR count). The number of aryl methyl sites for hydroxylation is 1. The molecule has 3 heterocycles. The summed E-state index contributed by atoms with van der Waals surface area (Å²) >= 11 is 0. The second-order valence-electron chi connectivity index (χ2n) is 11.0. The van der Waals surface area contributed by atoms with Crippen LogP contribution in [0.2, 0.25) is 0 Å². The summed E-state index contributed by atoms with van der Waals surface area (Å²) in [5.41, 5.74) is 4.51. The zero-order chi connectivity index (χ0) is 31.9. The van der Waals surface area contributed by atoms with Gasteiger partial charge in [0, 0.05) is 57.1 Å². The van der Waals surface area contributed by atoms with Crippen LogP contribution in [0.1, 0.15) is 46.5 Å². The number of carbonyl (C=O) groups is 2. The molecule has 4 N–H and O–H groups in total. The number of nitrogens with zero attached hydrogens (tertiary/aromatic N) is 7. The van der Waals surface area contributed by atoms with E-state index in [2.05, 4.69) is 15.4 Å². The van der Waals surface area contributed by atoms with E-state index in [1.165, 1.54) is 22.6 Å². The number of nitrogens with two attached hydrogens (primary N) is 1. The molecular weight excluding hydrogens is 586 g/mol.